The highest BCUT2D eigenvalue weighted by molar-refractivity contribution is 5.97. The van der Waals surface area contributed by atoms with Crippen molar-refractivity contribution in [2.45, 2.75) is 27.7 Å². The first kappa shape index (κ1) is 17.5. The number of aromatic nitrogens is 1. The van der Waals surface area contributed by atoms with Crippen LogP contribution >= 0.6 is 0 Å². The van der Waals surface area contributed by atoms with Crippen LogP contribution in [0.1, 0.15) is 22.4 Å². The van der Waals surface area contributed by atoms with Gasteiger partial charge >= 0.3 is 6.03 Å². The Morgan fingerprint density at radius 3 is 2.29 bits per heavy atom. The summed E-state index contributed by atoms with van der Waals surface area (Å²) < 4.78 is 0. The van der Waals surface area contributed by atoms with Crippen LogP contribution in [0.2, 0.25) is 0 Å². The van der Waals surface area contributed by atoms with E-state index in [4.69, 9.17) is 0 Å². The van der Waals surface area contributed by atoms with Gasteiger partial charge in [-0.2, -0.15) is 0 Å². The van der Waals surface area contributed by atoms with E-state index >= 15 is 0 Å². The largest absolute Gasteiger partial charge is 0.329 e. The first-order chi connectivity index (χ1) is 11.3. The number of rotatable bonds is 4. The van der Waals surface area contributed by atoms with Crippen LogP contribution in [0.3, 0.4) is 0 Å². The van der Waals surface area contributed by atoms with Crippen molar-refractivity contribution in [3.63, 3.8) is 0 Å². The maximum atomic E-state index is 12.0. The third-order valence-electron chi connectivity index (χ3n) is 3.51. The molecule has 3 N–H and O–H groups in total. The molecular weight excluding hydrogens is 304 g/mol. The van der Waals surface area contributed by atoms with Crippen molar-refractivity contribution in [2.75, 3.05) is 17.2 Å². The van der Waals surface area contributed by atoms with Crippen LogP contribution in [0.5, 0.6) is 0 Å². The number of hydrogen-bond donors (Lipinski definition) is 3. The Morgan fingerprint density at radius 2 is 1.67 bits per heavy atom. The van der Waals surface area contributed by atoms with E-state index in [1.807, 2.05) is 39.8 Å². The molecule has 24 heavy (non-hydrogen) atoms. The van der Waals surface area contributed by atoms with Crippen molar-refractivity contribution in [1.29, 1.82) is 0 Å². The van der Waals surface area contributed by atoms with E-state index in [-0.39, 0.29) is 12.5 Å². The van der Waals surface area contributed by atoms with Gasteiger partial charge < -0.3 is 16.0 Å². The van der Waals surface area contributed by atoms with Crippen LogP contribution in [0.4, 0.5) is 16.2 Å². The Hall–Kier alpha value is -2.89. The summed E-state index contributed by atoms with van der Waals surface area (Å²) in [6, 6.07) is 7.01. The third kappa shape index (κ3) is 4.81. The molecule has 0 spiro atoms. The van der Waals surface area contributed by atoms with Crippen molar-refractivity contribution in [3.05, 3.63) is 52.8 Å². The molecular formula is C18H22N4O2. The fraction of sp³-hybridized carbons (Fsp3) is 0.278. The molecule has 0 aliphatic heterocycles. The number of hydrogen-bond acceptors (Lipinski definition) is 3. The van der Waals surface area contributed by atoms with Crippen LogP contribution < -0.4 is 16.0 Å². The van der Waals surface area contributed by atoms with E-state index in [2.05, 4.69) is 20.9 Å². The lowest BCUT2D eigenvalue weighted by Gasteiger charge is -2.13. The van der Waals surface area contributed by atoms with Crippen LogP contribution in [-0.4, -0.2) is 23.5 Å². The fourth-order valence-corrected chi connectivity index (χ4v) is 2.52. The Kier molecular flexibility index (Phi) is 5.52. The van der Waals surface area contributed by atoms with E-state index in [0.717, 1.165) is 28.1 Å². The molecule has 0 saturated carbocycles. The number of benzene rings is 1. The van der Waals surface area contributed by atoms with Gasteiger partial charge in [0.25, 0.3) is 0 Å². The van der Waals surface area contributed by atoms with Crippen molar-refractivity contribution in [1.82, 2.24) is 10.3 Å². The molecule has 0 aliphatic carbocycles. The normalized spacial score (nSPS) is 10.2. The number of aryl methyl sites for hydroxylation is 4. The van der Waals surface area contributed by atoms with Crippen molar-refractivity contribution in [2.24, 2.45) is 0 Å². The highest BCUT2D eigenvalue weighted by Gasteiger charge is 2.10. The van der Waals surface area contributed by atoms with E-state index in [1.165, 1.54) is 0 Å². The molecule has 0 aliphatic rings. The van der Waals surface area contributed by atoms with Gasteiger partial charge in [-0.25, -0.2) is 4.79 Å². The molecule has 1 aromatic heterocycles. The van der Waals surface area contributed by atoms with Crippen LogP contribution in [0.25, 0.3) is 0 Å². The average molecular weight is 326 g/mol. The predicted molar refractivity (Wildman–Crippen MR) is 95.3 cm³/mol. The van der Waals surface area contributed by atoms with Crippen molar-refractivity contribution in [3.8, 4) is 0 Å². The molecule has 1 aromatic carbocycles. The maximum Gasteiger partial charge on any atom is 0.319 e. The number of amides is 3. The average Bonchev–Trinajstić information content (AvgIpc) is 2.49. The summed E-state index contributed by atoms with van der Waals surface area (Å²) in [6.07, 6.45) is 1.61. The summed E-state index contributed by atoms with van der Waals surface area (Å²) in [6.45, 7) is 7.63. The van der Waals surface area contributed by atoms with Gasteiger partial charge in [0.05, 0.1) is 6.54 Å². The molecule has 0 saturated heterocycles. The molecule has 0 fully saturated rings. The second kappa shape index (κ2) is 7.59. The smallest absolute Gasteiger partial charge is 0.319 e. The molecule has 1 heterocycles. The number of urea groups is 1. The highest BCUT2D eigenvalue weighted by Crippen LogP contribution is 2.21. The molecule has 0 radical (unpaired) electrons. The quantitative estimate of drug-likeness (QED) is 0.807. The molecule has 2 rings (SSSR count). The monoisotopic (exact) mass is 326 g/mol. The minimum absolute atomic E-state index is 0.108. The lowest BCUT2D eigenvalue weighted by Crippen LogP contribution is -2.36. The Morgan fingerprint density at radius 1 is 1.00 bits per heavy atom. The minimum Gasteiger partial charge on any atom is -0.329 e. The summed E-state index contributed by atoms with van der Waals surface area (Å²) in [7, 11) is 0. The maximum absolute atomic E-state index is 12.0. The van der Waals surface area contributed by atoms with Gasteiger partial charge in [-0.3, -0.25) is 9.78 Å². The molecule has 2 aromatic rings. The molecule has 0 bridgehead atoms. The van der Waals surface area contributed by atoms with Crippen molar-refractivity contribution >= 4 is 23.3 Å². The molecule has 6 heteroatoms. The first-order valence-electron chi connectivity index (χ1n) is 7.70. The molecule has 6 nitrogen and oxygen atoms in total. The zero-order valence-corrected chi connectivity index (χ0v) is 14.4. The topological polar surface area (TPSA) is 83.1 Å². The fourth-order valence-electron chi connectivity index (χ4n) is 2.52. The molecule has 3 amide bonds. The first-order valence-corrected chi connectivity index (χ1v) is 7.70. The summed E-state index contributed by atoms with van der Waals surface area (Å²) in [5.41, 5.74) is 5.36. The van der Waals surface area contributed by atoms with E-state index < -0.39 is 6.03 Å². The SMILES string of the molecule is Cc1cc(C)c(NC(=O)CNC(=O)Nc2ccnc(C)c2)c(C)c1. The molecule has 0 unspecified atom stereocenters. The summed E-state index contributed by atoms with van der Waals surface area (Å²) in [5.74, 6) is -0.272. The van der Waals surface area contributed by atoms with Crippen LogP contribution in [-0.2, 0) is 4.79 Å². The number of nitrogens with zero attached hydrogens (tertiary/aromatic N) is 1. The van der Waals surface area contributed by atoms with Gasteiger partial charge in [-0.05, 0) is 51.0 Å². The second-order valence-electron chi connectivity index (χ2n) is 5.82. The lowest BCUT2D eigenvalue weighted by atomic mass is 10.1. The van der Waals surface area contributed by atoms with E-state index in [9.17, 15) is 9.59 Å². The minimum atomic E-state index is -0.437. The number of anilines is 2. The third-order valence-corrected chi connectivity index (χ3v) is 3.51. The zero-order chi connectivity index (χ0) is 17.7. The number of pyridine rings is 1. The van der Waals surface area contributed by atoms with Crippen LogP contribution in [0.15, 0.2) is 30.5 Å². The van der Waals surface area contributed by atoms with Crippen molar-refractivity contribution < 1.29 is 9.59 Å². The van der Waals surface area contributed by atoms with Gasteiger partial charge in [-0.15, -0.1) is 0 Å². The Balaban J connectivity index is 1.88. The summed E-state index contributed by atoms with van der Waals surface area (Å²) >= 11 is 0. The predicted octanol–water partition coefficient (Wildman–Crippen LogP) is 3.08. The Labute approximate surface area is 141 Å². The Bertz CT molecular complexity index is 748. The second-order valence-corrected chi connectivity index (χ2v) is 5.82. The number of nitrogens with one attached hydrogen (secondary N) is 3. The zero-order valence-electron chi connectivity index (χ0n) is 14.4. The summed E-state index contributed by atoms with van der Waals surface area (Å²) in [5, 5.41) is 8.04. The lowest BCUT2D eigenvalue weighted by molar-refractivity contribution is -0.115. The van der Waals surface area contributed by atoms with Gasteiger partial charge in [0.15, 0.2) is 0 Å². The number of carbonyl (C=O) groups excluding carboxylic acids is 2. The number of carbonyl (C=O) groups is 2. The molecule has 126 valence electrons. The molecule has 0 atom stereocenters. The van der Waals surface area contributed by atoms with Gasteiger partial charge in [0, 0.05) is 23.3 Å². The summed E-state index contributed by atoms with van der Waals surface area (Å²) in [4.78, 5) is 27.9. The highest BCUT2D eigenvalue weighted by atomic mass is 16.2. The standard InChI is InChI=1S/C18H22N4O2/c1-11-7-12(2)17(13(3)8-11)22-16(23)10-20-18(24)21-15-5-6-19-14(4)9-15/h5-9H,10H2,1-4H3,(H,22,23)(H2,19,20,21,24). The van der Waals surface area contributed by atoms with E-state index in [0.29, 0.717) is 5.69 Å². The van der Waals surface area contributed by atoms with Gasteiger partial charge in [-0.1, -0.05) is 17.7 Å². The van der Waals surface area contributed by atoms with Gasteiger partial charge in [0.2, 0.25) is 5.91 Å². The van der Waals surface area contributed by atoms with Gasteiger partial charge in [0.1, 0.15) is 0 Å². The van der Waals surface area contributed by atoms with E-state index in [1.54, 1.807) is 18.3 Å². The van der Waals surface area contributed by atoms with Crippen LogP contribution in [0, 0.1) is 27.7 Å².